The van der Waals surface area contributed by atoms with E-state index in [-0.39, 0.29) is 5.92 Å². The van der Waals surface area contributed by atoms with Gasteiger partial charge in [-0.2, -0.15) is 0 Å². The number of aromatic nitrogens is 1. The zero-order valence-corrected chi connectivity index (χ0v) is 15.5. The second-order valence-corrected chi connectivity index (χ2v) is 8.02. The predicted octanol–water partition coefficient (Wildman–Crippen LogP) is 3.44. The van der Waals surface area contributed by atoms with Gasteiger partial charge in [0.1, 0.15) is 0 Å². The minimum Gasteiger partial charge on any atom is -0.361 e. The zero-order chi connectivity index (χ0) is 17.7. The Bertz CT molecular complexity index is 875. The van der Waals surface area contributed by atoms with E-state index in [2.05, 4.69) is 52.2 Å². The van der Waals surface area contributed by atoms with Gasteiger partial charge in [0.15, 0.2) is 0 Å². The van der Waals surface area contributed by atoms with Gasteiger partial charge in [-0.25, -0.2) is 0 Å². The summed E-state index contributed by atoms with van der Waals surface area (Å²) in [5.74, 6) is 0.336. The molecular formula is C22H27N3O. The van der Waals surface area contributed by atoms with Gasteiger partial charge in [-0.3, -0.25) is 9.69 Å². The maximum atomic E-state index is 13.1. The number of nitrogens with zero attached hydrogens (tertiary/aromatic N) is 2. The van der Waals surface area contributed by atoms with Crippen molar-refractivity contribution in [3.05, 3.63) is 41.6 Å². The van der Waals surface area contributed by atoms with Crippen molar-refractivity contribution in [3.63, 3.8) is 0 Å². The third kappa shape index (κ3) is 2.43. The average molecular weight is 349 g/mol. The Kier molecular flexibility index (Phi) is 3.89. The molecule has 1 fully saturated rings. The highest BCUT2D eigenvalue weighted by molar-refractivity contribution is 5.99. The van der Waals surface area contributed by atoms with Gasteiger partial charge < -0.3 is 9.88 Å². The van der Waals surface area contributed by atoms with Crippen LogP contribution in [0.5, 0.6) is 0 Å². The predicted molar refractivity (Wildman–Crippen MR) is 105 cm³/mol. The van der Waals surface area contributed by atoms with Crippen LogP contribution < -0.4 is 0 Å². The fourth-order valence-corrected chi connectivity index (χ4v) is 5.19. The van der Waals surface area contributed by atoms with Crippen molar-refractivity contribution in [2.75, 3.05) is 26.2 Å². The summed E-state index contributed by atoms with van der Waals surface area (Å²) < 4.78 is 0. The number of carbonyl (C=O) groups is 1. The maximum absolute atomic E-state index is 13.1. The monoisotopic (exact) mass is 349 g/mol. The van der Waals surface area contributed by atoms with Crippen LogP contribution in [0.3, 0.4) is 0 Å². The van der Waals surface area contributed by atoms with Gasteiger partial charge in [-0.1, -0.05) is 25.1 Å². The number of likely N-dealkylation sites (tertiary alicyclic amines) is 1. The number of hydrogen-bond donors (Lipinski definition) is 1. The van der Waals surface area contributed by atoms with E-state index in [1.165, 1.54) is 27.6 Å². The zero-order valence-electron chi connectivity index (χ0n) is 15.5. The first kappa shape index (κ1) is 16.1. The van der Waals surface area contributed by atoms with Crippen LogP contribution >= 0.6 is 0 Å². The number of rotatable bonds is 3. The van der Waals surface area contributed by atoms with Crippen LogP contribution in [0.4, 0.5) is 0 Å². The number of carbonyl (C=O) groups excluding carboxylic acids is 1. The van der Waals surface area contributed by atoms with Crippen molar-refractivity contribution in [1.29, 1.82) is 0 Å². The van der Waals surface area contributed by atoms with E-state index >= 15 is 0 Å². The maximum Gasteiger partial charge on any atom is 0.230 e. The van der Waals surface area contributed by atoms with E-state index in [4.69, 9.17) is 0 Å². The van der Waals surface area contributed by atoms with Gasteiger partial charge in [0, 0.05) is 42.8 Å². The van der Waals surface area contributed by atoms with Crippen molar-refractivity contribution in [2.45, 2.75) is 38.6 Å². The number of benzene rings is 1. The molecule has 1 saturated heterocycles. The Hall–Kier alpha value is -2.07. The number of amides is 1. The summed E-state index contributed by atoms with van der Waals surface area (Å²) >= 11 is 0. The molecule has 5 rings (SSSR count). The fourth-order valence-electron chi connectivity index (χ4n) is 5.19. The number of aromatic amines is 1. The Morgan fingerprint density at radius 1 is 1.27 bits per heavy atom. The highest BCUT2D eigenvalue weighted by atomic mass is 16.2. The van der Waals surface area contributed by atoms with E-state index in [1.807, 2.05) is 0 Å². The second kappa shape index (κ2) is 6.27. The molecule has 0 unspecified atom stereocenters. The van der Waals surface area contributed by atoms with Gasteiger partial charge in [-0.15, -0.1) is 0 Å². The number of nitrogens with one attached hydrogen (secondary N) is 1. The molecule has 1 N–H and O–H groups in total. The van der Waals surface area contributed by atoms with E-state index < -0.39 is 0 Å². The molecule has 4 heteroatoms. The largest absolute Gasteiger partial charge is 0.361 e. The minimum atomic E-state index is 0.00153. The molecule has 1 amide bonds. The SMILES string of the molecule is CCCN1C[C@H](C(=O)N2CCCC2)C=C2c3cccc4[nH]cc(c34)C[C@H]21. The smallest absolute Gasteiger partial charge is 0.230 e. The topological polar surface area (TPSA) is 39.3 Å². The molecule has 2 aromatic rings. The number of fused-ring (bicyclic) bond motifs is 2. The normalized spacial score (nSPS) is 25.4. The Balaban J connectivity index is 1.59. The molecule has 0 saturated carbocycles. The quantitative estimate of drug-likeness (QED) is 0.922. The first-order chi connectivity index (χ1) is 12.8. The molecule has 0 bridgehead atoms. The molecule has 0 spiro atoms. The molecule has 4 nitrogen and oxygen atoms in total. The van der Waals surface area contributed by atoms with Crippen molar-refractivity contribution < 1.29 is 4.79 Å². The third-order valence-electron chi connectivity index (χ3n) is 6.37. The summed E-state index contributed by atoms with van der Waals surface area (Å²) in [5.41, 5.74) is 5.34. The summed E-state index contributed by atoms with van der Waals surface area (Å²) in [7, 11) is 0. The first-order valence-electron chi connectivity index (χ1n) is 10.1. The molecule has 3 aliphatic rings. The van der Waals surface area contributed by atoms with Crippen molar-refractivity contribution in [3.8, 4) is 0 Å². The van der Waals surface area contributed by atoms with Crippen LogP contribution in [-0.4, -0.2) is 52.9 Å². The van der Waals surface area contributed by atoms with Crippen molar-refractivity contribution in [1.82, 2.24) is 14.8 Å². The summed E-state index contributed by atoms with van der Waals surface area (Å²) in [4.78, 5) is 21.2. The number of H-pyrrole nitrogens is 1. The Morgan fingerprint density at radius 2 is 2.12 bits per heavy atom. The Labute approximate surface area is 154 Å². The molecular weight excluding hydrogens is 322 g/mol. The summed E-state index contributed by atoms with van der Waals surface area (Å²) in [6.07, 6.45) is 8.97. The van der Waals surface area contributed by atoms with Crippen LogP contribution in [0, 0.1) is 5.92 Å². The highest BCUT2D eigenvalue weighted by Gasteiger charge is 2.38. The molecule has 26 heavy (non-hydrogen) atoms. The van der Waals surface area contributed by atoms with Crippen LogP contribution in [-0.2, 0) is 11.2 Å². The van der Waals surface area contributed by atoms with E-state index in [9.17, 15) is 4.79 Å². The molecule has 1 aliphatic carbocycles. The molecule has 1 aromatic carbocycles. The summed E-state index contributed by atoms with van der Waals surface area (Å²) in [6, 6.07) is 6.94. The van der Waals surface area contributed by atoms with Gasteiger partial charge in [0.05, 0.1) is 5.92 Å². The van der Waals surface area contributed by atoms with Gasteiger partial charge >= 0.3 is 0 Å². The third-order valence-corrected chi connectivity index (χ3v) is 6.37. The average Bonchev–Trinajstić information content (AvgIpc) is 3.33. The summed E-state index contributed by atoms with van der Waals surface area (Å²) in [6.45, 7) is 6.04. The van der Waals surface area contributed by atoms with Gasteiger partial charge in [0.2, 0.25) is 5.91 Å². The number of hydrogen-bond acceptors (Lipinski definition) is 2. The Morgan fingerprint density at radius 3 is 2.92 bits per heavy atom. The highest BCUT2D eigenvalue weighted by Crippen LogP contribution is 2.41. The van der Waals surface area contributed by atoms with Crippen molar-refractivity contribution in [2.24, 2.45) is 5.92 Å². The van der Waals surface area contributed by atoms with Gasteiger partial charge in [-0.05, 0) is 55.0 Å². The van der Waals surface area contributed by atoms with Crippen LogP contribution in [0.2, 0.25) is 0 Å². The lowest BCUT2D eigenvalue weighted by molar-refractivity contribution is -0.133. The van der Waals surface area contributed by atoms with Crippen molar-refractivity contribution >= 4 is 22.4 Å². The van der Waals surface area contributed by atoms with E-state index in [0.717, 1.165) is 51.9 Å². The minimum absolute atomic E-state index is 0.00153. The molecule has 0 radical (unpaired) electrons. The first-order valence-corrected chi connectivity index (χ1v) is 10.1. The molecule has 1 aromatic heterocycles. The fraction of sp³-hybridized carbons (Fsp3) is 0.500. The van der Waals surface area contributed by atoms with Gasteiger partial charge in [0.25, 0.3) is 0 Å². The molecule has 3 heterocycles. The van der Waals surface area contributed by atoms with Crippen LogP contribution in [0.1, 0.15) is 37.3 Å². The molecule has 136 valence electrons. The lowest BCUT2D eigenvalue weighted by atomic mass is 9.79. The van der Waals surface area contributed by atoms with E-state index in [1.54, 1.807) is 0 Å². The second-order valence-electron chi connectivity index (χ2n) is 8.02. The van der Waals surface area contributed by atoms with E-state index in [0.29, 0.717) is 11.9 Å². The molecule has 2 atom stereocenters. The molecule has 2 aliphatic heterocycles. The lowest BCUT2D eigenvalue weighted by Crippen LogP contribution is -2.49. The van der Waals surface area contributed by atoms with Crippen LogP contribution in [0.15, 0.2) is 30.5 Å². The van der Waals surface area contributed by atoms with Crippen LogP contribution in [0.25, 0.3) is 16.5 Å². The lowest BCUT2D eigenvalue weighted by Gasteiger charge is -2.42. The standard InChI is InChI=1S/C22H27N3O/c1-2-8-25-14-16(22(26)24-9-3-4-10-24)11-18-17-6-5-7-19-21(17)15(13-23-19)12-20(18)25/h5-7,11,13,16,20,23H,2-4,8-10,12,14H2,1H3/t16-,20-/m1/s1. The summed E-state index contributed by atoms with van der Waals surface area (Å²) in [5, 5.41) is 1.36.